The summed E-state index contributed by atoms with van der Waals surface area (Å²) in [6.45, 7) is 1.05. The fourth-order valence-electron chi connectivity index (χ4n) is 2.23. The molecule has 0 radical (unpaired) electrons. The predicted molar refractivity (Wildman–Crippen MR) is 78.8 cm³/mol. The molecular weight excluding hydrogens is 268 g/mol. The van der Waals surface area contributed by atoms with Gasteiger partial charge >= 0.3 is 0 Å². The number of nitrogens with two attached hydrogens (primary N) is 1. The molecule has 1 aliphatic carbocycles. The largest absolute Gasteiger partial charge is 0.350 e. The summed E-state index contributed by atoms with van der Waals surface area (Å²) in [5, 5.41) is 2.84. The van der Waals surface area contributed by atoms with E-state index in [1.807, 2.05) is 0 Å². The third-order valence-corrected chi connectivity index (χ3v) is 4.39. The molecule has 3 N–H and O–H groups in total. The van der Waals surface area contributed by atoms with Crippen LogP contribution < -0.4 is 11.1 Å². The maximum Gasteiger partial charge on any atom is 0.261 e. The lowest BCUT2D eigenvalue weighted by molar-refractivity contribution is 0.0958. The van der Waals surface area contributed by atoms with Gasteiger partial charge in [0.15, 0.2) is 0 Å². The van der Waals surface area contributed by atoms with Crippen LogP contribution in [0.4, 0.5) is 0 Å². The molecule has 0 atom stereocenters. The molecule has 1 amide bonds. The molecule has 1 heterocycles. The van der Waals surface area contributed by atoms with E-state index in [4.69, 9.17) is 5.73 Å². The Morgan fingerprint density at radius 2 is 2.00 bits per heavy atom. The fraction of sp³-hybridized carbons (Fsp3) is 0.615. The summed E-state index contributed by atoms with van der Waals surface area (Å²) in [5.41, 5.74) is 6.78. The topological polar surface area (TPSA) is 55.1 Å². The smallest absolute Gasteiger partial charge is 0.261 e. The highest BCUT2D eigenvalue weighted by Gasteiger charge is 2.15. The molecule has 0 unspecified atom stereocenters. The highest BCUT2D eigenvalue weighted by molar-refractivity contribution is 7.14. The van der Waals surface area contributed by atoms with Crippen molar-refractivity contribution in [2.24, 2.45) is 5.73 Å². The number of hydrogen-bond donors (Lipinski definition) is 2. The first kappa shape index (κ1) is 15.5. The minimum atomic E-state index is 0. The standard InChI is InChI=1S/C13H20N2OS.ClH/c14-7-8-15-13(16)12-9-10-5-3-1-2-4-6-11(10)17-12;/h9H,1-8,14H2,(H,15,16);1H. The van der Waals surface area contributed by atoms with Gasteiger partial charge in [0.25, 0.3) is 5.91 Å². The van der Waals surface area contributed by atoms with Gasteiger partial charge in [-0.2, -0.15) is 0 Å². The first-order chi connectivity index (χ1) is 8.31. The van der Waals surface area contributed by atoms with Gasteiger partial charge in [-0.3, -0.25) is 4.79 Å². The first-order valence-corrected chi connectivity index (χ1v) is 7.23. The molecule has 18 heavy (non-hydrogen) atoms. The zero-order valence-corrected chi connectivity index (χ0v) is 12.2. The Balaban J connectivity index is 0.00000162. The Morgan fingerprint density at radius 1 is 1.28 bits per heavy atom. The third-order valence-electron chi connectivity index (χ3n) is 3.15. The first-order valence-electron chi connectivity index (χ1n) is 6.41. The van der Waals surface area contributed by atoms with Gasteiger partial charge in [0.05, 0.1) is 4.88 Å². The molecule has 2 rings (SSSR count). The van der Waals surface area contributed by atoms with Crippen molar-refractivity contribution in [2.45, 2.75) is 38.5 Å². The maximum absolute atomic E-state index is 11.8. The Kier molecular flexibility index (Phi) is 6.68. The SMILES string of the molecule is Cl.NCCNC(=O)c1cc2c(s1)CCCCCC2. The van der Waals surface area contributed by atoms with Crippen molar-refractivity contribution in [3.8, 4) is 0 Å². The zero-order chi connectivity index (χ0) is 12.1. The quantitative estimate of drug-likeness (QED) is 0.898. The molecule has 5 heteroatoms. The summed E-state index contributed by atoms with van der Waals surface area (Å²) in [7, 11) is 0. The van der Waals surface area contributed by atoms with Gasteiger partial charge in [-0.25, -0.2) is 0 Å². The fourth-order valence-corrected chi connectivity index (χ4v) is 3.40. The molecule has 0 fully saturated rings. The number of amides is 1. The molecule has 3 nitrogen and oxygen atoms in total. The van der Waals surface area contributed by atoms with E-state index in [0.717, 1.165) is 17.7 Å². The molecule has 102 valence electrons. The van der Waals surface area contributed by atoms with Gasteiger partial charge in [-0.15, -0.1) is 23.7 Å². The number of halogens is 1. The second-order valence-corrected chi connectivity index (χ2v) is 5.65. The van der Waals surface area contributed by atoms with Gasteiger partial charge in [-0.1, -0.05) is 12.8 Å². The van der Waals surface area contributed by atoms with Crippen LogP contribution in [0, 0.1) is 0 Å². The summed E-state index contributed by atoms with van der Waals surface area (Å²) in [5.74, 6) is 0.0344. The van der Waals surface area contributed by atoms with Gasteiger partial charge < -0.3 is 11.1 Å². The van der Waals surface area contributed by atoms with Crippen LogP contribution in [0.1, 0.15) is 45.8 Å². The Morgan fingerprint density at radius 3 is 2.72 bits per heavy atom. The van der Waals surface area contributed by atoms with E-state index >= 15 is 0 Å². The van der Waals surface area contributed by atoms with E-state index in [1.165, 1.54) is 36.1 Å². The number of hydrogen-bond acceptors (Lipinski definition) is 3. The number of nitrogens with one attached hydrogen (secondary N) is 1. The van der Waals surface area contributed by atoms with Crippen molar-refractivity contribution in [3.63, 3.8) is 0 Å². The molecule has 1 aromatic rings. The van der Waals surface area contributed by atoms with Gasteiger partial charge in [-0.05, 0) is 37.3 Å². The summed E-state index contributed by atoms with van der Waals surface area (Å²) < 4.78 is 0. The average Bonchev–Trinajstić information content (AvgIpc) is 2.68. The van der Waals surface area contributed by atoms with E-state index in [-0.39, 0.29) is 18.3 Å². The van der Waals surface area contributed by atoms with E-state index in [2.05, 4.69) is 11.4 Å². The van der Waals surface area contributed by atoms with E-state index in [9.17, 15) is 4.79 Å². The normalized spacial score (nSPS) is 14.9. The zero-order valence-electron chi connectivity index (χ0n) is 10.5. The maximum atomic E-state index is 11.8. The number of carbonyl (C=O) groups is 1. The van der Waals surface area contributed by atoms with Crippen LogP contribution in [-0.4, -0.2) is 19.0 Å². The van der Waals surface area contributed by atoms with Crippen LogP contribution in [0.5, 0.6) is 0 Å². The van der Waals surface area contributed by atoms with Crippen LogP contribution in [-0.2, 0) is 12.8 Å². The van der Waals surface area contributed by atoms with Crippen LogP contribution >= 0.6 is 23.7 Å². The third kappa shape index (κ3) is 3.97. The number of thiophene rings is 1. The molecule has 0 saturated carbocycles. The van der Waals surface area contributed by atoms with Crippen LogP contribution in [0.15, 0.2) is 6.07 Å². The van der Waals surface area contributed by atoms with Crippen molar-refractivity contribution in [1.29, 1.82) is 0 Å². The lowest BCUT2D eigenvalue weighted by Gasteiger charge is -2.07. The number of aryl methyl sites for hydroxylation is 2. The van der Waals surface area contributed by atoms with Crippen molar-refractivity contribution in [2.75, 3.05) is 13.1 Å². The molecule has 0 saturated heterocycles. The van der Waals surface area contributed by atoms with Crippen molar-refractivity contribution >= 4 is 29.7 Å². The lowest BCUT2D eigenvalue weighted by Crippen LogP contribution is -2.28. The van der Waals surface area contributed by atoms with Crippen molar-refractivity contribution in [1.82, 2.24) is 5.32 Å². The van der Waals surface area contributed by atoms with E-state index in [1.54, 1.807) is 11.3 Å². The average molecular weight is 289 g/mol. The number of carbonyl (C=O) groups excluding carboxylic acids is 1. The second-order valence-electron chi connectivity index (χ2n) is 4.52. The molecule has 0 spiro atoms. The highest BCUT2D eigenvalue weighted by Crippen LogP contribution is 2.28. The van der Waals surface area contributed by atoms with E-state index < -0.39 is 0 Å². The molecule has 0 aromatic carbocycles. The van der Waals surface area contributed by atoms with Crippen LogP contribution in [0.3, 0.4) is 0 Å². The van der Waals surface area contributed by atoms with E-state index in [0.29, 0.717) is 13.1 Å². The van der Waals surface area contributed by atoms with Gasteiger partial charge in [0.2, 0.25) is 0 Å². The summed E-state index contributed by atoms with van der Waals surface area (Å²) in [4.78, 5) is 14.1. The molecule has 0 aliphatic heterocycles. The minimum absolute atomic E-state index is 0. The van der Waals surface area contributed by atoms with Gasteiger partial charge in [0, 0.05) is 18.0 Å². The van der Waals surface area contributed by atoms with Crippen LogP contribution in [0.2, 0.25) is 0 Å². The molecular formula is C13H21ClN2OS. The predicted octanol–water partition coefficient (Wildman–Crippen LogP) is 2.52. The molecule has 0 bridgehead atoms. The summed E-state index contributed by atoms with van der Waals surface area (Å²) in [6.07, 6.45) is 7.45. The van der Waals surface area contributed by atoms with Crippen LogP contribution in [0.25, 0.3) is 0 Å². The number of fused-ring (bicyclic) bond motifs is 1. The molecule has 1 aromatic heterocycles. The monoisotopic (exact) mass is 288 g/mol. The highest BCUT2D eigenvalue weighted by atomic mass is 35.5. The van der Waals surface area contributed by atoms with Gasteiger partial charge in [0.1, 0.15) is 0 Å². The Hall–Kier alpha value is -0.580. The summed E-state index contributed by atoms with van der Waals surface area (Å²) in [6, 6.07) is 2.08. The number of rotatable bonds is 3. The summed E-state index contributed by atoms with van der Waals surface area (Å²) >= 11 is 1.66. The molecule has 1 aliphatic rings. The van der Waals surface area contributed by atoms with Crippen molar-refractivity contribution < 1.29 is 4.79 Å². The second kappa shape index (κ2) is 7.77. The Bertz CT molecular complexity index is 367. The lowest BCUT2D eigenvalue weighted by atomic mass is 10.00. The Labute approximate surface area is 119 Å². The van der Waals surface area contributed by atoms with Crippen molar-refractivity contribution in [3.05, 3.63) is 21.4 Å². The minimum Gasteiger partial charge on any atom is -0.350 e.